The van der Waals surface area contributed by atoms with E-state index in [4.69, 9.17) is 0 Å². The molecular formula is C15H22N2O4. The van der Waals surface area contributed by atoms with Gasteiger partial charge in [0.2, 0.25) is 11.8 Å². The van der Waals surface area contributed by atoms with Crippen LogP contribution in [0, 0.1) is 11.8 Å². The molecule has 3 rings (SSSR count). The summed E-state index contributed by atoms with van der Waals surface area (Å²) in [5, 5.41) is 12.2. The van der Waals surface area contributed by atoms with Crippen molar-refractivity contribution in [1.82, 2.24) is 10.2 Å². The zero-order valence-corrected chi connectivity index (χ0v) is 12.1. The predicted octanol–water partition coefficient (Wildman–Crippen LogP) is 0.757. The summed E-state index contributed by atoms with van der Waals surface area (Å²) in [6.07, 6.45) is 5.53. The molecule has 2 aliphatic carbocycles. The van der Waals surface area contributed by atoms with Crippen LogP contribution in [0.15, 0.2) is 0 Å². The van der Waals surface area contributed by atoms with Crippen LogP contribution in [0.2, 0.25) is 0 Å². The third kappa shape index (κ3) is 2.89. The first kappa shape index (κ1) is 14.4. The first-order chi connectivity index (χ1) is 10.1. The Kier molecular flexibility index (Phi) is 3.87. The normalized spacial score (nSPS) is 32.2. The Bertz CT molecular complexity index is 461. The second-order valence-corrected chi connectivity index (χ2v) is 6.45. The van der Waals surface area contributed by atoms with Gasteiger partial charge >= 0.3 is 5.97 Å². The summed E-state index contributed by atoms with van der Waals surface area (Å²) < 4.78 is 0. The predicted molar refractivity (Wildman–Crippen MR) is 74.4 cm³/mol. The average Bonchev–Trinajstić information content (AvgIpc) is 2.99. The molecule has 2 N–H and O–H groups in total. The highest BCUT2D eigenvalue weighted by Gasteiger charge is 2.44. The van der Waals surface area contributed by atoms with Gasteiger partial charge in [0.15, 0.2) is 0 Å². The van der Waals surface area contributed by atoms with Crippen molar-refractivity contribution < 1.29 is 19.5 Å². The van der Waals surface area contributed by atoms with E-state index in [9.17, 15) is 19.5 Å². The Labute approximate surface area is 123 Å². The lowest BCUT2D eigenvalue weighted by atomic mass is 9.94. The van der Waals surface area contributed by atoms with Gasteiger partial charge in [0.1, 0.15) is 6.04 Å². The summed E-state index contributed by atoms with van der Waals surface area (Å²) in [5.74, 6) is -2.10. The summed E-state index contributed by atoms with van der Waals surface area (Å²) in [6, 6.07) is -0.110. The van der Waals surface area contributed by atoms with Crippen molar-refractivity contribution in [2.24, 2.45) is 11.8 Å². The van der Waals surface area contributed by atoms with Crippen LogP contribution in [0.1, 0.15) is 44.9 Å². The Morgan fingerprint density at radius 2 is 1.67 bits per heavy atom. The van der Waals surface area contributed by atoms with Crippen molar-refractivity contribution >= 4 is 17.8 Å². The molecule has 0 aromatic carbocycles. The summed E-state index contributed by atoms with van der Waals surface area (Å²) in [7, 11) is 0. The van der Waals surface area contributed by atoms with E-state index in [0.29, 0.717) is 25.8 Å². The van der Waals surface area contributed by atoms with Gasteiger partial charge in [-0.3, -0.25) is 14.4 Å². The molecule has 1 aliphatic heterocycles. The fourth-order valence-corrected chi connectivity index (χ4v) is 3.59. The van der Waals surface area contributed by atoms with Gasteiger partial charge in [0.05, 0.1) is 11.8 Å². The second-order valence-electron chi connectivity index (χ2n) is 6.45. The van der Waals surface area contributed by atoms with Gasteiger partial charge in [-0.05, 0) is 38.5 Å². The Morgan fingerprint density at radius 3 is 2.33 bits per heavy atom. The van der Waals surface area contributed by atoms with Gasteiger partial charge in [0, 0.05) is 12.6 Å². The van der Waals surface area contributed by atoms with E-state index in [-0.39, 0.29) is 17.9 Å². The fourth-order valence-electron chi connectivity index (χ4n) is 3.59. The second kappa shape index (κ2) is 5.66. The largest absolute Gasteiger partial charge is 0.481 e. The zero-order chi connectivity index (χ0) is 15.0. The minimum atomic E-state index is -0.885. The molecule has 1 heterocycles. The number of hydrogen-bond acceptors (Lipinski definition) is 3. The van der Waals surface area contributed by atoms with E-state index in [0.717, 1.165) is 25.7 Å². The molecule has 2 amide bonds. The number of hydrogen-bond donors (Lipinski definition) is 2. The molecule has 0 radical (unpaired) electrons. The van der Waals surface area contributed by atoms with Gasteiger partial charge in [-0.15, -0.1) is 0 Å². The number of nitrogens with one attached hydrogen (secondary N) is 1. The molecular weight excluding hydrogens is 272 g/mol. The number of amides is 2. The first-order valence-electron chi connectivity index (χ1n) is 7.91. The molecule has 0 bridgehead atoms. The molecule has 6 heteroatoms. The SMILES string of the molecule is O=C(O)C1CCCC1C(=O)N1CCCC1C(=O)NC1CC1. The maximum absolute atomic E-state index is 12.7. The van der Waals surface area contributed by atoms with Crippen LogP contribution in [0.25, 0.3) is 0 Å². The number of carboxylic acid groups (broad SMARTS) is 1. The number of carboxylic acids is 1. The van der Waals surface area contributed by atoms with Crippen LogP contribution in [0.5, 0.6) is 0 Å². The Hall–Kier alpha value is -1.59. The monoisotopic (exact) mass is 294 g/mol. The quantitative estimate of drug-likeness (QED) is 0.801. The third-order valence-corrected chi connectivity index (χ3v) is 4.91. The van der Waals surface area contributed by atoms with Crippen molar-refractivity contribution in [2.45, 2.75) is 57.0 Å². The highest BCUT2D eigenvalue weighted by molar-refractivity contribution is 5.91. The molecule has 3 fully saturated rings. The summed E-state index contributed by atoms with van der Waals surface area (Å²) in [6.45, 7) is 0.574. The summed E-state index contributed by atoms with van der Waals surface area (Å²) >= 11 is 0. The van der Waals surface area contributed by atoms with Crippen LogP contribution in [-0.4, -0.2) is 46.4 Å². The van der Waals surface area contributed by atoms with E-state index < -0.39 is 23.8 Å². The highest BCUT2D eigenvalue weighted by atomic mass is 16.4. The van der Waals surface area contributed by atoms with Crippen LogP contribution < -0.4 is 5.32 Å². The first-order valence-corrected chi connectivity index (χ1v) is 7.91. The smallest absolute Gasteiger partial charge is 0.307 e. The van der Waals surface area contributed by atoms with Crippen molar-refractivity contribution in [1.29, 1.82) is 0 Å². The molecule has 0 aromatic heterocycles. The molecule has 3 unspecified atom stereocenters. The van der Waals surface area contributed by atoms with E-state index >= 15 is 0 Å². The molecule has 2 saturated carbocycles. The molecule has 0 aromatic rings. The molecule has 3 aliphatic rings. The minimum absolute atomic E-state index is 0.0618. The van der Waals surface area contributed by atoms with Gasteiger partial charge < -0.3 is 15.3 Å². The van der Waals surface area contributed by atoms with E-state index in [1.54, 1.807) is 4.90 Å². The van der Waals surface area contributed by atoms with Gasteiger partial charge in [0.25, 0.3) is 0 Å². The lowest BCUT2D eigenvalue weighted by Gasteiger charge is -2.28. The molecule has 116 valence electrons. The van der Waals surface area contributed by atoms with Gasteiger partial charge in [-0.2, -0.15) is 0 Å². The number of carbonyl (C=O) groups excluding carboxylic acids is 2. The van der Waals surface area contributed by atoms with Gasteiger partial charge in [-0.1, -0.05) is 6.42 Å². The number of nitrogens with zero attached hydrogens (tertiary/aromatic N) is 1. The summed E-state index contributed by atoms with van der Waals surface area (Å²) in [5.41, 5.74) is 0. The van der Waals surface area contributed by atoms with Crippen molar-refractivity contribution in [3.05, 3.63) is 0 Å². The number of carbonyl (C=O) groups is 3. The van der Waals surface area contributed by atoms with Crippen LogP contribution in [-0.2, 0) is 14.4 Å². The van der Waals surface area contributed by atoms with E-state index in [1.165, 1.54) is 0 Å². The number of rotatable bonds is 4. The Balaban J connectivity index is 1.67. The average molecular weight is 294 g/mol. The molecule has 21 heavy (non-hydrogen) atoms. The van der Waals surface area contributed by atoms with Crippen molar-refractivity contribution in [3.63, 3.8) is 0 Å². The van der Waals surface area contributed by atoms with Crippen molar-refractivity contribution in [2.75, 3.05) is 6.54 Å². The number of aliphatic carboxylic acids is 1. The maximum Gasteiger partial charge on any atom is 0.307 e. The molecule has 3 atom stereocenters. The molecule has 1 saturated heterocycles. The lowest BCUT2D eigenvalue weighted by molar-refractivity contribution is -0.150. The van der Waals surface area contributed by atoms with Crippen LogP contribution >= 0.6 is 0 Å². The lowest BCUT2D eigenvalue weighted by Crippen LogP contribution is -2.49. The maximum atomic E-state index is 12.7. The van der Waals surface area contributed by atoms with Crippen LogP contribution in [0.3, 0.4) is 0 Å². The van der Waals surface area contributed by atoms with Crippen LogP contribution in [0.4, 0.5) is 0 Å². The molecule has 6 nitrogen and oxygen atoms in total. The topological polar surface area (TPSA) is 86.7 Å². The minimum Gasteiger partial charge on any atom is -0.481 e. The fraction of sp³-hybridized carbons (Fsp3) is 0.800. The highest BCUT2D eigenvalue weighted by Crippen LogP contribution is 2.35. The zero-order valence-electron chi connectivity index (χ0n) is 12.1. The van der Waals surface area contributed by atoms with E-state index in [2.05, 4.69) is 5.32 Å². The van der Waals surface area contributed by atoms with Gasteiger partial charge in [-0.25, -0.2) is 0 Å². The van der Waals surface area contributed by atoms with Crippen molar-refractivity contribution in [3.8, 4) is 0 Å². The summed E-state index contributed by atoms with van der Waals surface area (Å²) in [4.78, 5) is 37.8. The Morgan fingerprint density at radius 1 is 0.952 bits per heavy atom. The van der Waals surface area contributed by atoms with E-state index in [1.807, 2.05) is 0 Å². The molecule has 0 spiro atoms. The third-order valence-electron chi connectivity index (χ3n) is 4.91. The standard InChI is InChI=1S/C15H22N2O4/c18-13(16-9-6-7-9)12-5-2-8-17(12)14(19)10-3-1-4-11(10)15(20)21/h9-12H,1-8H2,(H,16,18)(H,20,21). The number of likely N-dealkylation sites (tertiary alicyclic amines) is 1.